The topological polar surface area (TPSA) is 65.5 Å². The Labute approximate surface area is 135 Å². The van der Waals surface area contributed by atoms with Gasteiger partial charge in [0.1, 0.15) is 0 Å². The molecule has 0 heterocycles. The van der Waals surface area contributed by atoms with E-state index >= 15 is 0 Å². The van der Waals surface area contributed by atoms with Crippen LogP contribution in [0.1, 0.15) is 19.4 Å². The molecule has 0 spiro atoms. The number of carbonyl (C=O) groups excluding carboxylic acids is 1. The minimum Gasteiger partial charge on any atom is -0.357 e. The number of aliphatic imine (C=N–C) groups is 1. The lowest BCUT2D eigenvalue weighted by Crippen LogP contribution is -2.41. The third kappa shape index (κ3) is 7.20. The van der Waals surface area contributed by atoms with Gasteiger partial charge in [0.25, 0.3) is 0 Å². The lowest BCUT2D eigenvalue weighted by Gasteiger charge is -2.11. The van der Waals surface area contributed by atoms with Gasteiger partial charge in [0, 0.05) is 36.6 Å². The summed E-state index contributed by atoms with van der Waals surface area (Å²) in [6.45, 7) is 5.81. The van der Waals surface area contributed by atoms with Gasteiger partial charge in [0.15, 0.2) is 5.96 Å². The maximum atomic E-state index is 10.8. The number of halogens is 2. The Bertz CT molecular complexity index is 506. The van der Waals surface area contributed by atoms with Crippen LogP contribution < -0.4 is 16.0 Å². The van der Waals surface area contributed by atoms with Gasteiger partial charge in [-0.1, -0.05) is 29.3 Å². The van der Waals surface area contributed by atoms with Crippen molar-refractivity contribution in [1.82, 2.24) is 16.0 Å². The molecule has 0 aliphatic carbocycles. The van der Waals surface area contributed by atoms with Crippen LogP contribution in [0, 0.1) is 0 Å². The molecule has 1 amide bonds. The maximum absolute atomic E-state index is 10.8. The van der Waals surface area contributed by atoms with E-state index in [-0.39, 0.29) is 5.91 Å². The summed E-state index contributed by atoms with van der Waals surface area (Å²) in [4.78, 5) is 15.2. The van der Waals surface area contributed by atoms with Crippen LogP contribution in [0.2, 0.25) is 10.0 Å². The third-order valence-corrected chi connectivity index (χ3v) is 3.15. The zero-order valence-corrected chi connectivity index (χ0v) is 13.7. The van der Waals surface area contributed by atoms with Gasteiger partial charge < -0.3 is 16.0 Å². The van der Waals surface area contributed by atoms with Crippen LogP contribution >= 0.6 is 23.2 Å². The van der Waals surface area contributed by atoms with Crippen LogP contribution in [-0.4, -0.2) is 31.5 Å². The Balaban J connectivity index is 2.56. The molecule has 0 aliphatic heterocycles. The van der Waals surface area contributed by atoms with Crippen molar-refractivity contribution >= 4 is 35.1 Å². The molecule has 116 valence electrons. The molecule has 0 aliphatic rings. The molecule has 0 saturated heterocycles. The van der Waals surface area contributed by atoms with E-state index in [1.54, 1.807) is 12.1 Å². The molecule has 21 heavy (non-hydrogen) atoms. The maximum Gasteiger partial charge on any atom is 0.216 e. The molecule has 0 fully saturated rings. The molecule has 1 aromatic carbocycles. The van der Waals surface area contributed by atoms with Gasteiger partial charge in [-0.2, -0.15) is 0 Å². The number of carbonyl (C=O) groups is 1. The molecule has 0 unspecified atom stereocenters. The van der Waals surface area contributed by atoms with Crippen molar-refractivity contribution in [2.75, 3.05) is 19.6 Å². The zero-order valence-electron chi connectivity index (χ0n) is 12.2. The molecule has 0 saturated carbocycles. The zero-order chi connectivity index (χ0) is 15.7. The molecule has 5 nitrogen and oxygen atoms in total. The Morgan fingerprint density at radius 2 is 1.90 bits per heavy atom. The fraction of sp³-hybridized carbons (Fsp3) is 0.429. The first-order valence-electron chi connectivity index (χ1n) is 6.73. The first-order valence-corrected chi connectivity index (χ1v) is 7.49. The SMILES string of the molecule is CCNC(=NCc1ccc(Cl)cc1Cl)NCCNC(C)=O. The average molecular weight is 331 g/mol. The van der Waals surface area contributed by atoms with Crippen LogP contribution in [-0.2, 0) is 11.3 Å². The molecule has 0 atom stereocenters. The lowest BCUT2D eigenvalue weighted by molar-refractivity contribution is -0.118. The lowest BCUT2D eigenvalue weighted by atomic mass is 10.2. The highest BCUT2D eigenvalue weighted by molar-refractivity contribution is 6.35. The normalized spacial score (nSPS) is 11.1. The van der Waals surface area contributed by atoms with Crippen LogP contribution in [0.4, 0.5) is 0 Å². The Kier molecular flexibility index (Phi) is 7.93. The quantitative estimate of drug-likeness (QED) is 0.425. The second-order valence-electron chi connectivity index (χ2n) is 4.34. The van der Waals surface area contributed by atoms with Gasteiger partial charge in [0.05, 0.1) is 6.54 Å². The predicted octanol–water partition coefficient (Wildman–Crippen LogP) is 2.18. The largest absolute Gasteiger partial charge is 0.357 e. The monoisotopic (exact) mass is 330 g/mol. The van der Waals surface area contributed by atoms with E-state index in [2.05, 4.69) is 20.9 Å². The highest BCUT2D eigenvalue weighted by atomic mass is 35.5. The second-order valence-corrected chi connectivity index (χ2v) is 5.18. The summed E-state index contributed by atoms with van der Waals surface area (Å²) in [5.74, 6) is 0.626. The molecule has 3 N–H and O–H groups in total. The molecular formula is C14H20Cl2N4O. The molecular weight excluding hydrogens is 311 g/mol. The predicted molar refractivity (Wildman–Crippen MR) is 88.0 cm³/mol. The van der Waals surface area contributed by atoms with Gasteiger partial charge in [-0.05, 0) is 24.6 Å². The molecule has 1 aromatic rings. The Morgan fingerprint density at radius 1 is 1.19 bits per heavy atom. The molecule has 1 rings (SSSR count). The van der Waals surface area contributed by atoms with Crippen LogP contribution in [0.15, 0.2) is 23.2 Å². The number of hydrogen-bond donors (Lipinski definition) is 3. The van der Waals surface area contributed by atoms with Gasteiger partial charge in [-0.3, -0.25) is 4.79 Å². The summed E-state index contributed by atoms with van der Waals surface area (Å²) in [6.07, 6.45) is 0. The fourth-order valence-corrected chi connectivity index (χ4v) is 2.04. The van der Waals surface area contributed by atoms with Crippen molar-refractivity contribution in [3.05, 3.63) is 33.8 Å². The average Bonchev–Trinajstić information content (AvgIpc) is 2.42. The Morgan fingerprint density at radius 3 is 2.52 bits per heavy atom. The molecule has 0 radical (unpaired) electrons. The smallest absolute Gasteiger partial charge is 0.216 e. The van der Waals surface area contributed by atoms with E-state index < -0.39 is 0 Å². The van der Waals surface area contributed by atoms with Crippen LogP contribution in [0.5, 0.6) is 0 Å². The van der Waals surface area contributed by atoms with E-state index in [4.69, 9.17) is 23.2 Å². The number of rotatable bonds is 6. The third-order valence-electron chi connectivity index (χ3n) is 2.56. The van der Waals surface area contributed by atoms with Crippen LogP contribution in [0.3, 0.4) is 0 Å². The fourth-order valence-electron chi connectivity index (χ4n) is 1.58. The number of benzene rings is 1. The minimum atomic E-state index is -0.0494. The van der Waals surface area contributed by atoms with E-state index in [9.17, 15) is 4.79 Å². The van der Waals surface area contributed by atoms with Crippen molar-refractivity contribution < 1.29 is 4.79 Å². The van der Waals surface area contributed by atoms with Gasteiger partial charge >= 0.3 is 0 Å². The van der Waals surface area contributed by atoms with Crippen molar-refractivity contribution in [2.24, 2.45) is 4.99 Å². The summed E-state index contributed by atoms with van der Waals surface area (Å²) in [7, 11) is 0. The highest BCUT2D eigenvalue weighted by Crippen LogP contribution is 2.21. The van der Waals surface area contributed by atoms with Gasteiger partial charge in [-0.25, -0.2) is 4.99 Å². The summed E-state index contributed by atoms with van der Waals surface area (Å²) in [6, 6.07) is 5.34. The Hall–Kier alpha value is -1.46. The van der Waals surface area contributed by atoms with E-state index in [1.807, 2.05) is 13.0 Å². The van der Waals surface area contributed by atoms with Crippen molar-refractivity contribution in [2.45, 2.75) is 20.4 Å². The number of guanidine groups is 1. The van der Waals surface area contributed by atoms with Gasteiger partial charge in [-0.15, -0.1) is 0 Å². The molecule has 7 heteroatoms. The van der Waals surface area contributed by atoms with Crippen molar-refractivity contribution in [3.8, 4) is 0 Å². The summed E-state index contributed by atoms with van der Waals surface area (Å²) in [5.41, 5.74) is 0.903. The van der Waals surface area contributed by atoms with E-state index in [1.165, 1.54) is 6.92 Å². The summed E-state index contributed by atoms with van der Waals surface area (Å²) >= 11 is 12.0. The van der Waals surface area contributed by atoms with Crippen molar-refractivity contribution in [1.29, 1.82) is 0 Å². The summed E-state index contributed by atoms with van der Waals surface area (Å²) < 4.78 is 0. The first-order chi connectivity index (χ1) is 10.0. The molecule has 0 aromatic heterocycles. The van der Waals surface area contributed by atoms with E-state index in [0.717, 1.165) is 12.1 Å². The summed E-state index contributed by atoms with van der Waals surface area (Å²) in [5, 5.41) is 10.2. The number of nitrogens with one attached hydrogen (secondary N) is 3. The minimum absolute atomic E-state index is 0.0494. The first kappa shape index (κ1) is 17.6. The number of hydrogen-bond acceptors (Lipinski definition) is 2. The van der Waals surface area contributed by atoms with E-state index in [0.29, 0.717) is 35.6 Å². The highest BCUT2D eigenvalue weighted by Gasteiger charge is 2.02. The molecule has 0 bridgehead atoms. The number of nitrogens with zero attached hydrogens (tertiary/aromatic N) is 1. The number of amides is 1. The standard InChI is InChI=1S/C14H20Cl2N4O/c1-3-17-14(19-7-6-18-10(2)21)20-9-11-4-5-12(15)8-13(11)16/h4-5,8H,3,6-7,9H2,1-2H3,(H,18,21)(H2,17,19,20). The van der Waals surface area contributed by atoms with Crippen LogP contribution in [0.25, 0.3) is 0 Å². The van der Waals surface area contributed by atoms with Gasteiger partial charge in [0.2, 0.25) is 5.91 Å². The second kappa shape index (κ2) is 9.47. The van der Waals surface area contributed by atoms with Crippen molar-refractivity contribution in [3.63, 3.8) is 0 Å².